The molecule has 0 aliphatic heterocycles. The molecule has 1 saturated carbocycles. The summed E-state index contributed by atoms with van der Waals surface area (Å²) in [5.74, 6) is -0.763. The molecule has 5 nitrogen and oxygen atoms in total. The van der Waals surface area contributed by atoms with E-state index in [1.807, 2.05) is 0 Å². The summed E-state index contributed by atoms with van der Waals surface area (Å²) < 4.78 is 38.1. The fourth-order valence-corrected chi connectivity index (χ4v) is 1.95. The third-order valence-corrected chi connectivity index (χ3v) is 3.39. The van der Waals surface area contributed by atoms with Crippen LogP contribution in [0.25, 0.3) is 0 Å². The first-order valence-corrected chi connectivity index (χ1v) is 6.22. The molecule has 114 valence electrons. The summed E-state index contributed by atoms with van der Waals surface area (Å²) in [4.78, 5) is 11.7. The van der Waals surface area contributed by atoms with Gasteiger partial charge in [0, 0.05) is 5.56 Å². The lowest BCUT2D eigenvalue weighted by Crippen LogP contribution is -2.48. The number of carbonyl (C=O) groups excluding carboxylic acids is 1. The quantitative estimate of drug-likeness (QED) is 0.341. The van der Waals surface area contributed by atoms with Gasteiger partial charge < -0.3 is 16.3 Å². The number of nitrogens with zero attached hydrogens (tertiary/aromatic N) is 1. The first kappa shape index (κ1) is 15.1. The van der Waals surface area contributed by atoms with Crippen LogP contribution in [-0.4, -0.2) is 28.7 Å². The van der Waals surface area contributed by atoms with Crippen molar-refractivity contribution >= 4 is 11.7 Å². The zero-order valence-corrected chi connectivity index (χ0v) is 10.9. The van der Waals surface area contributed by atoms with E-state index in [1.165, 1.54) is 12.1 Å². The average molecular weight is 301 g/mol. The molecule has 21 heavy (non-hydrogen) atoms. The van der Waals surface area contributed by atoms with E-state index in [-0.39, 0.29) is 25.1 Å². The van der Waals surface area contributed by atoms with Gasteiger partial charge in [-0.15, -0.1) is 0 Å². The van der Waals surface area contributed by atoms with Crippen LogP contribution >= 0.6 is 0 Å². The van der Waals surface area contributed by atoms with E-state index in [1.54, 1.807) is 12.1 Å². The van der Waals surface area contributed by atoms with Crippen LogP contribution in [0.5, 0.6) is 0 Å². The summed E-state index contributed by atoms with van der Waals surface area (Å²) in [5.41, 5.74) is 4.33. The van der Waals surface area contributed by atoms with Gasteiger partial charge in [0.15, 0.2) is 5.84 Å². The fraction of sp³-hybridized carbons (Fsp3) is 0.385. The number of halogens is 3. The number of benzene rings is 1. The summed E-state index contributed by atoms with van der Waals surface area (Å²) in [7, 11) is 0. The highest BCUT2D eigenvalue weighted by Crippen LogP contribution is 2.48. The van der Waals surface area contributed by atoms with Gasteiger partial charge in [0.2, 0.25) is 5.91 Å². The summed E-state index contributed by atoms with van der Waals surface area (Å²) >= 11 is 0. The van der Waals surface area contributed by atoms with Gasteiger partial charge in [-0.1, -0.05) is 29.4 Å². The highest BCUT2D eigenvalue weighted by Gasteiger charge is 2.64. The minimum absolute atomic E-state index is 0.0787. The molecular formula is C13H14F3N3O2. The van der Waals surface area contributed by atoms with E-state index < -0.39 is 17.6 Å². The predicted molar refractivity (Wildman–Crippen MR) is 68.8 cm³/mol. The van der Waals surface area contributed by atoms with Gasteiger partial charge >= 0.3 is 6.18 Å². The van der Waals surface area contributed by atoms with Crippen LogP contribution in [-0.2, 0) is 11.2 Å². The molecular weight excluding hydrogens is 287 g/mol. The Balaban J connectivity index is 1.98. The van der Waals surface area contributed by atoms with Crippen LogP contribution < -0.4 is 11.1 Å². The van der Waals surface area contributed by atoms with Crippen molar-refractivity contribution in [2.75, 3.05) is 0 Å². The second-order valence-electron chi connectivity index (χ2n) is 4.99. The number of amides is 1. The molecule has 0 unspecified atom stereocenters. The molecule has 1 fully saturated rings. The van der Waals surface area contributed by atoms with Gasteiger partial charge in [-0.2, -0.15) is 13.2 Å². The smallest absolute Gasteiger partial charge is 0.409 e. The molecule has 1 aromatic carbocycles. The highest BCUT2D eigenvalue weighted by atomic mass is 19.4. The van der Waals surface area contributed by atoms with Crippen LogP contribution in [0.15, 0.2) is 29.4 Å². The number of alkyl halides is 3. The third kappa shape index (κ3) is 3.26. The predicted octanol–water partition coefficient (Wildman–Crippen LogP) is 1.53. The zero-order valence-electron chi connectivity index (χ0n) is 10.9. The van der Waals surface area contributed by atoms with Crippen molar-refractivity contribution in [1.29, 1.82) is 0 Å². The number of nitrogens with one attached hydrogen (secondary N) is 1. The Morgan fingerprint density at radius 2 is 1.90 bits per heavy atom. The van der Waals surface area contributed by atoms with Crippen LogP contribution in [0.2, 0.25) is 0 Å². The molecule has 0 spiro atoms. The minimum atomic E-state index is -4.42. The number of hydrogen-bond donors (Lipinski definition) is 3. The van der Waals surface area contributed by atoms with Crippen molar-refractivity contribution < 1.29 is 23.2 Å². The molecule has 0 bridgehead atoms. The van der Waals surface area contributed by atoms with Gasteiger partial charge in [0.25, 0.3) is 0 Å². The largest absolute Gasteiger partial charge is 0.411 e. The summed E-state index contributed by atoms with van der Waals surface area (Å²) in [6.45, 7) is 0. The minimum Gasteiger partial charge on any atom is -0.409 e. The Kier molecular flexibility index (Phi) is 3.80. The summed E-state index contributed by atoms with van der Waals surface area (Å²) in [5, 5.41) is 13.4. The van der Waals surface area contributed by atoms with E-state index in [0.717, 1.165) is 0 Å². The molecule has 0 aromatic heterocycles. The summed E-state index contributed by atoms with van der Waals surface area (Å²) in [6.07, 6.45) is -4.73. The maximum Gasteiger partial charge on any atom is 0.411 e. The lowest BCUT2D eigenvalue weighted by molar-refractivity contribution is -0.170. The number of hydrogen-bond acceptors (Lipinski definition) is 3. The lowest BCUT2D eigenvalue weighted by atomic mass is 10.1. The molecule has 2 rings (SSSR count). The van der Waals surface area contributed by atoms with Crippen LogP contribution in [0.4, 0.5) is 13.2 Å². The van der Waals surface area contributed by atoms with Crippen LogP contribution in [0, 0.1) is 0 Å². The Morgan fingerprint density at radius 3 is 2.33 bits per heavy atom. The Hall–Kier alpha value is -2.25. The van der Waals surface area contributed by atoms with Gasteiger partial charge in [-0.3, -0.25) is 4.79 Å². The van der Waals surface area contributed by atoms with Crippen molar-refractivity contribution in [2.45, 2.75) is 31.0 Å². The zero-order chi connectivity index (χ0) is 15.7. The van der Waals surface area contributed by atoms with E-state index >= 15 is 0 Å². The Bertz CT molecular complexity index is 563. The second kappa shape index (κ2) is 5.27. The number of nitrogens with two attached hydrogens (primary N) is 1. The molecule has 0 saturated heterocycles. The summed E-state index contributed by atoms with van der Waals surface area (Å²) in [6, 6.07) is 6.13. The van der Waals surface area contributed by atoms with Gasteiger partial charge in [0.05, 0.1) is 6.42 Å². The third-order valence-electron chi connectivity index (χ3n) is 3.39. The topological polar surface area (TPSA) is 87.7 Å². The van der Waals surface area contributed by atoms with Crippen molar-refractivity contribution in [3.63, 3.8) is 0 Å². The van der Waals surface area contributed by atoms with E-state index in [9.17, 15) is 18.0 Å². The van der Waals surface area contributed by atoms with Gasteiger partial charge in [-0.25, -0.2) is 0 Å². The molecule has 0 heterocycles. The van der Waals surface area contributed by atoms with E-state index in [4.69, 9.17) is 10.9 Å². The van der Waals surface area contributed by atoms with Crippen LogP contribution in [0.1, 0.15) is 24.0 Å². The fourth-order valence-electron chi connectivity index (χ4n) is 1.95. The second-order valence-corrected chi connectivity index (χ2v) is 4.99. The molecule has 1 aromatic rings. The SMILES string of the molecule is N/C(=N/O)c1ccc(CC(=O)NC2(C(F)(F)F)CC2)cc1. The first-order valence-electron chi connectivity index (χ1n) is 6.22. The number of amidine groups is 1. The van der Waals surface area contributed by atoms with Crippen molar-refractivity contribution in [1.82, 2.24) is 5.32 Å². The highest BCUT2D eigenvalue weighted by molar-refractivity contribution is 5.97. The molecule has 1 amide bonds. The monoisotopic (exact) mass is 301 g/mol. The molecule has 1 aliphatic carbocycles. The molecule has 4 N–H and O–H groups in total. The molecule has 0 atom stereocenters. The maximum absolute atomic E-state index is 12.7. The molecule has 8 heteroatoms. The van der Waals surface area contributed by atoms with Crippen molar-refractivity contribution in [3.8, 4) is 0 Å². The van der Waals surface area contributed by atoms with Crippen LogP contribution in [0.3, 0.4) is 0 Å². The Morgan fingerprint density at radius 1 is 1.33 bits per heavy atom. The number of rotatable bonds is 4. The van der Waals surface area contributed by atoms with E-state index in [2.05, 4.69) is 10.5 Å². The molecule has 1 aliphatic rings. The number of carbonyl (C=O) groups is 1. The average Bonchev–Trinajstić information content (AvgIpc) is 3.19. The lowest BCUT2D eigenvalue weighted by Gasteiger charge is -2.20. The normalized spacial score (nSPS) is 17.4. The van der Waals surface area contributed by atoms with Gasteiger partial charge in [-0.05, 0) is 18.4 Å². The molecule has 0 radical (unpaired) electrons. The van der Waals surface area contributed by atoms with Gasteiger partial charge in [0.1, 0.15) is 5.54 Å². The Labute approximate surface area is 118 Å². The first-order chi connectivity index (χ1) is 9.77. The van der Waals surface area contributed by atoms with Crippen molar-refractivity contribution in [3.05, 3.63) is 35.4 Å². The number of oxime groups is 1. The van der Waals surface area contributed by atoms with E-state index in [0.29, 0.717) is 11.1 Å². The maximum atomic E-state index is 12.7. The van der Waals surface area contributed by atoms with Crippen molar-refractivity contribution in [2.24, 2.45) is 10.9 Å². The standard InChI is InChI=1S/C13H14F3N3O2/c14-13(15,16)12(5-6-12)18-10(20)7-8-1-3-9(4-2-8)11(17)19-21/h1-4,21H,5-7H2,(H2,17,19)(H,18,20).